The summed E-state index contributed by atoms with van der Waals surface area (Å²) < 4.78 is 7.37. The van der Waals surface area contributed by atoms with Crippen LogP contribution in [0.1, 0.15) is 12.5 Å². The molecule has 0 aliphatic carbocycles. The zero-order chi connectivity index (χ0) is 17.6. The molecule has 0 spiro atoms. The van der Waals surface area contributed by atoms with Crippen LogP contribution in [0.3, 0.4) is 0 Å². The third kappa shape index (κ3) is 4.23. The fourth-order valence-electron chi connectivity index (χ4n) is 2.47. The van der Waals surface area contributed by atoms with E-state index in [4.69, 9.17) is 4.74 Å². The highest BCUT2D eigenvalue weighted by Crippen LogP contribution is 2.20. The van der Waals surface area contributed by atoms with Crippen molar-refractivity contribution in [2.45, 2.75) is 19.6 Å². The molecule has 0 radical (unpaired) electrons. The van der Waals surface area contributed by atoms with Crippen molar-refractivity contribution >= 4 is 5.91 Å². The smallest absolute Gasteiger partial charge is 0.261 e. The van der Waals surface area contributed by atoms with Crippen LogP contribution in [0.2, 0.25) is 0 Å². The maximum atomic E-state index is 12.3. The van der Waals surface area contributed by atoms with Gasteiger partial charge in [-0.3, -0.25) is 14.5 Å². The van der Waals surface area contributed by atoms with Gasteiger partial charge >= 0.3 is 0 Å². The number of carbonyl (C=O) groups excluding carboxylic acids is 1. The van der Waals surface area contributed by atoms with Gasteiger partial charge in [-0.1, -0.05) is 24.3 Å². The van der Waals surface area contributed by atoms with Gasteiger partial charge in [-0.25, -0.2) is 0 Å². The number of hydrogen-bond donors (Lipinski definition) is 1. The number of carbonyl (C=O) groups is 1. The molecule has 0 aliphatic heterocycles. The van der Waals surface area contributed by atoms with Crippen LogP contribution in [0.5, 0.6) is 5.75 Å². The van der Waals surface area contributed by atoms with Crippen LogP contribution in [0, 0.1) is 0 Å². The molecule has 0 unspecified atom stereocenters. The van der Waals surface area contributed by atoms with Gasteiger partial charge in [0.2, 0.25) is 0 Å². The number of amides is 1. The number of hydrogen-bond acceptors (Lipinski definition) is 4. The molecule has 6 heteroatoms. The lowest BCUT2D eigenvalue weighted by molar-refractivity contribution is -0.127. The molecule has 0 saturated heterocycles. The Labute approximate surface area is 146 Å². The average Bonchev–Trinajstić information content (AvgIpc) is 3.07. The Morgan fingerprint density at radius 3 is 2.76 bits per heavy atom. The van der Waals surface area contributed by atoms with Crippen molar-refractivity contribution in [2.24, 2.45) is 7.05 Å². The number of ether oxygens (including phenoxy) is 1. The molecule has 25 heavy (non-hydrogen) atoms. The quantitative estimate of drug-likeness (QED) is 0.751. The van der Waals surface area contributed by atoms with Crippen LogP contribution >= 0.6 is 0 Å². The fraction of sp³-hybridized carbons (Fsp3) is 0.211. The first-order valence-electron chi connectivity index (χ1n) is 8.06. The molecule has 0 fully saturated rings. The van der Waals surface area contributed by atoms with E-state index in [0.717, 1.165) is 16.8 Å². The van der Waals surface area contributed by atoms with Crippen LogP contribution in [-0.4, -0.2) is 26.8 Å². The largest absolute Gasteiger partial charge is 0.481 e. The molecular formula is C19H20N4O2. The zero-order valence-corrected chi connectivity index (χ0v) is 14.2. The van der Waals surface area contributed by atoms with Gasteiger partial charge in [-0.15, -0.1) is 0 Å². The van der Waals surface area contributed by atoms with Gasteiger partial charge < -0.3 is 10.1 Å². The molecule has 128 valence electrons. The molecule has 0 saturated carbocycles. The van der Waals surface area contributed by atoms with Crippen LogP contribution in [0.4, 0.5) is 0 Å². The SMILES string of the molecule is C[C@@H](Oc1ccccc1)C(=O)NCc1cccnc1-c1cnn(C)c1. The Morgan fingerprint density at radius 2 is 2.04 bits per heavy atom. The highest BCUT2D eigenvalue weighted by atomic mass is 16.5. The number of nitrogens with one attached hydrogen (secondary N) is 1. The van der Waals surface area contributed by atoms with Crippen molar-refractivity contribution in [3.8, 4) is 17.0 Å². The molecule has 0 bridgehead atoms. The number of nitrogens with zero attached hydrogens (tertiary/aromatic N) is 3. The Bertz CT molecular complexity index is 845. The number of rotatable bonds is 6. The summed E-state index contributed by atoms with van der Waals surface area (Å²) in [6.07, 6.45) is 4.80. The minimum atomic E-state index is -0.582. The second-order valence-corrected chi connectivity index (χ2v) is 5.70. The average molecular weight is 336 g/mol. The van der Waals surface area contributed by atoms with Gasteiger partial charge in [0.05, 0.1) is 11.9 Å². The van der Waals surface area contributed by atoms with Crippen molar-refractivity contribution in [3.05, 3.63) is 66.6 Å². The van der Waals surface area contributed by atoms with Gasteiger partial charge in [0, 0.05) is 31.5 Å². The van der Waals surface area contributed by atoms with E-state index in [1.165, 1.54) is 0 Å². The Morgan fingerprint density at radius 1 is 1.24 bits per heavy atom. The van der Waals surface area contributed by atoms with Crippen LogP contribution in [0.15, 0.2) is 61.1 Å². The zero-order valence-electron chi connectivity index (χ0n) is 14.2. The minimum absolute atomic E-state index is 0.176. The van der Waals surface area contributed by atoms with Crippen molar-refractivity contribution in [1.29, 1.82) is 0 Å². The van der Waals surface area contributed by atoms with E-state index in [1.54, 1.807) is 24.0 Å². The standard InChI is InChI=1S/C19H20N4O2/c1-14(25-17-8-4-3-5-9-17)19(24)21-11-15-7-6-10-20-18(15)16-12-22-23(2)13-16/h3-10,12-14H,11H2,1-2H3,(H,21,24)/t14-/m1/s1. The first-order chi connectivity index (χ1) is 12.1. The second kappa shape index (κ2) is 7.61. The molecule has 6 nitrogen and oxygen atoms in total. The summed E-state index contributed by atoms with van der Waals surface area (Å²) in [6.45, 7) is 2.10. The second-order valence-electron chi connectivity index (χ2n) is 5.70. The van der Waals surface area contributed by atoms with E-state index in [0.29, 0.717) is 12.3 Å². The Hall–Kier alpha value is -3.15. The van der Waals surface area contributed by atoms with Gasteiger partial charge in [-0.05, 0) is 30.7 Å². The van der Waals surface area contributed by atoms with Crippen LogP contribution < -0.4 is 10.1 Å². The van der Waals surface area contributed by atoms with Gasteiger partial charge in [0.25, 0.3) is 5.91 Å². The third-order valence-corrected chi connectivity index (χ3v) is 3.75. The predicted molar refractivity (Wildman–Crippen MR) is 94.8 cm³/mol. The number of aryl methyl sites for hydroxylation is 1. The third-order valence-electron chi connectivity index (χ3n) is 3.75. The fourth-order valence-corrected chi connectivity index (χ4v) is 2.47. The molecule has 1 N–H and O–H groups in total. The molecular weight excluding hydrogens is 316 g/mol. The highest BCUT2D eigenvalue weighted by Gasteiger charge is 2.15. The number of para-hydroxylation sites is 1. The number of pyridine rings is 1. The summed E-state index contributed by atoms with van der Waals surface area (Å²) in [7, 11) is 1.86. The normalized spacial score (nSPS) is 11.8. The van der Waals surface area contributed by atoms with E-state index in [-0.39, 0.29) is 5.91 Å². The van der Waals surface area contributed by atoms with Crippen LogP contribution in [0.25, 0.3) is 11.3 Å². The van der Waals surface area contributed by atoms with E-state index < -0.39 is 6.10 Å². The van der Waals surface area contributed by atoms with Crippen LogP contribution in [-0.2, 0) is 18.4 Å². The van der Waals surface area contributed by atoms with E-state index >= 15 is 0 Å². The molecule has 1 atom stereocenters. The monoisotopic (exact) mass is 336 g/mol. The van der Waals surface area contributed by atoms with E-state index in [9.17, 15) is 4.79 Å². The van der Waals surface area contributed by atoms with E-state index in [1.807, 2.05) is 55.7 Å². The Kier molecular flexibility index (Phi) is 5.09. The predicted octanol–water partition coefficient (Wildman–Crippen LogP) is 2.57. The summed E-state index contributed by atoms with van der Waals surface area (Å²) >= 11 is 0. The van der Waals surface area contributed by atoms with Crippen molar-refractivity contribution in [3.63, 3.8) is 0 Å². The molecule has 3 rings (SSSR count). The molecule has 2 aromatic heterocycles. The summed E-state index contributed by atoms with van der Waals surface area (Å²) in [6, 6.07) is 13.1. The summed E-state index contributed by atoms with van der Waals surface area (Å²) in [4.78, 5) is 16.7. The summed E-state index contributed by atoms with van der Waals surface area (Å²) in [5, 5.41) is 7.08. The summed E-state index contributed by atoms with van der Waals surface area (Å²) in [5.41, 5.74) is 2.66. The van der Waals surface area contributed by atoms with Gasteiger partial charge in [0.15, 0.2) is 6.10 Å². The Balaban J connectivity index is 1.64. The van der Waals surface area contributed by atoms with Gasteiger partial charge in [0.1, 0.15) is 5.75 Å². The summed E-state index contributed by atoms with van der Waals surface area (Å²) in [5.74, 6) is 0.493. The van der Waals surface area contributed by atoms with Crippen molar-refractivity contribution in [2.75, 3.05) is 0 Å². The lowest BCUT2D eigenvalue weighted by atomic mass is 10.1. The highest BCUT2D eigenvalue weighted by molar-refractivity contribution is 5.80. The minimum Gasteiger partial charge on any atom is -0.481 e. The van der Waals surface area contributed by atoms with Gasteiger partial charge in [-0.2, -0.15) is 5.10 Å². The molecule has 1 aromatic carbocycles. The maximum absolute atomic E-state index is 12.3. The molecule has 2 heterocycles. The van der Waals surface area contributed by atoms with Crippen molar-refractivity contribution in [1.82, 2.24) is 20.1 Å². The number of benzene rings is 1. The lowest BCUT2D eigenvalue weighted by Crippen LogP contribution is -2.36. The molecule has 3 aromatic rings. The van der Waals surface area contributed by atoms with Crippen molar-refractivity contribution < 1.29 is 9.53 Å². The topological polar surface area (TPSA) is 69.0 Å². The number of aromatic nitrogens is 3. The first kappa shape index (κ1) is 16.7. The van der Waals surface area contributed by atoms with E-state index in [2.05, 4.69) is 15.4 Å². The lowest BCUT2D eigenvalue weighted by Gasteiger charge is -2.15. The maximum Gasteiger partial charge on any atom is 0.261 e. The first-order valence-corrected chi connectivity index (χ1v) is 8.06. The molecule has 1 amide bonds. The molecule has 0 aliphatic rings.